The average molecular weight is 365 g/mol. The predicted molar refractivity (Wildman–Crippen MR) is 102 cm³/mol. The summed E-state index contributed by atoms with van der Waals surface area (Å²) in [4.78, 5) is 12.1. The second kappa shape index (κ2) is 6.97. The van der Waals surface area contributed by atoms with Gasteiger partial charge in [-0.15, -0.1) is 0 Å². The van der Waals surface area contributed by atoms with Crippen molar-refractivity contribution in [3.63, 3.8) is 0 Å². The van der Waals surface area contributed by atoms with Gasteiger partial charge in [-0.3, -0.25) is 5.43 Å². The summed E-state index contributed by atoms with van der Waals surface area (Å²) in [5.41, 5.74) is 5.16. The molecule has 0 saturated carbocycles. The Labute approximate surface area is 153 Å². The van der Waals surface area contributed by atoms with Gasteiger partial charge in [-0.25, -0.2) is 4.79 Å². The maximum atomic E-state index is 10.9. The number of carbonyl (C=O) groups is 1. The number of fused-ring (bicyclic) bond motifs is 1. The van der Waals surface area contributed by atoms with E-state index in [0.29, 0.717) is 11.5 Å². The van der Waals surface area contributed by atoms with Gasteiger partial charge in [0.25, 0.3) is 0 Å². The van der Waals surface area contributed by atoms with Crippen molar-refractivity contribution in [1.82, 2.24) is 5.43 Å². The number of nitrogens with one attached hydrogen (secondary N) is 2. The highest BCUT2D eigenvalue weighted by Crippen LogP contribution is 2.36. The fraction of sp³-hybridized carbons (Fsp3) is 0.0526. The number of anilines is 1. The molecule has 1 aromatic heterocycles. The summed E-state index contributed by atoms with van der Waals surface area (Å²) in [5, 5.41) is 16.5. The van der Waals surface area contributed by atoms with Crippen LogP contribution >= 0.6 is 11.8 Å². The minimum Gasteiger partial charge on any atom is -0.478 e. The number of para-hydroxylation sites is 1. The third-order valence-corrected chi connectivity index (χ3v) is 4.91. The van der Waals surface area contributed by atoms with Gasteiger partial charge in [0, 0.05) is 10.5 Å². The topological polar surface area (TPSA) is 86.9 Å². The normalized spacial score (nSPS) is 15.6. The largest absolute Gasteiger partial charge is 0.478 e. The third-order valence-electron chi connectivity index (χ3n) is 3.85. The zero-order valence-corrected chi connectivity index (χ0v) is 14.4. The molecule has 2 aromatic carbocycles. The molecule has 7 heteroatoms. The number of rotatable bonds is 5. The number of hydrazone groups is 1. The molecule has 26 heavy (non-hydrogen) atoms. The van der Waals surface area contributed by atoms with Crippen molar-refractivity contribution in [2.24, 2.45) is 5.10 Å². The van der Waals surface area contributed by atoms with Gasteiger partial charge >= 0.3 is 5.97 Å². The first kappa shape index (κ1) is 16.3. The van der Waals surface area contributed by atoms with Gasteiger partial charge in [0.2, 0.25) is 0 Å². The molecule has 0 spiro atoms. The van der Waals surface area contributed by atoms with E-state index in [1.54, 1.807) is 42.2 Å². The van der Waals surface area contributed by atoms with Gasteiger partial charge in [0.05, 0.1) is 17.5 Å². The fourth-order valence-electron chi connectivity index (χ4n) is 2.57. The number of carboxylic acids is 1. The fourth-order valence-corrected chi connectivity index (χ4v) is 3.53. The van der Waals surface area contributed by atoms with Crippen molar-refractivity contribution in [2.45, 2.75) is 10.4 Å². The first-order chi connectivity index (χ1) is 12.7. The summed E-state index contributed by atoms with van der Waals surface area (Å²) in [5.74, 6) is 0.315. The predicted octanol–water partition coefficient (Wildman–Crippen LogP) is 4.07. The molecule has 3 aromatic rings. The van der Waals surface area contributed by atoms with Gasteiger partial charge < -0.3 is 14.8 Å². The van der Waals surface area contributed by atoms with Crippen LogP contribution in [0.5, 0.6) is 0 Å². The molecule has 0 saturated heterocycles. The maximum Gasteiger partial charge on any atom is 0.335 e. The Morgan fingerprint density at radius 1 is 1.15 bits per heavy atom. The number of benzene rings is 2. The van der Waals surface area contributed by atoms with E-state index in [1.165, 1.54) is 4.90 Å². The van der Waals surface area contributed by atoms with E-state index in [2.05, 4.69) is 21.9 Å². The summed E-state index contributed by atoms with van der Waals surface area (Å²) >= 11 is 1.66. The summed E-state index contributed by atoms with van der Waals surface area (Å²) in [7, 11) is 0. The van der Waals surface area contributed by atoms with Crippen molar-refractivity contribution < 1.29 is 14.3 Å². The van der Waals surface area contributed by atoms with Crippen LogP contribution in [-0.4, -0.2) is 22.8 Å². The van der Waals surface area contributed by atoms with Gasteiger partial charge in [0.1, 0.15) is 11.5 Å². The lowest BCUT2D eigenvalue weighted by molar-refractivity contribution is 0.0697. The molecule has 1 atom stereocenters. The Bertz CT molecular complexity index is 941. The van der Waals surface area contributed by atoms with E-state index in [9.17, 15) is 4.79 Å². The highest BCUT2D eigenvalue weighted by Gasteiger charge is 2.19. The van der Waals surface area contributed by atoms with Crippen molar-refractivity contribution in [2.75, 3.05) is 5.32 Å². The molecule has 1 unspecified atom stereocenters. The lowest BCUT2D eigenvalue weighted by atomic mass is 10.1. The maximum absolute atomic E-state index is 10.9. The van der Waals surface area contributed by atoms with E-state index < -0.39 is 5.97 Å². The van der Waals surface area contributed by atoms with E-state index >= 15 is 0 Å². The highest BCUT2D eigenvalue weighted by atomic mass is 32.2. The monoisotopic (exact) mass is 365 g/mol. The molecular formula is C19H15N3O3S. The molecule has 1 aliphatic heterocycles. The minimum absolute atomic E-state index is 0.0263. The molecule has 2 heterocycles. The smallest absolute Gasteiger partial charge is 0.335 e. The second-order valence-electron chi connectivity index (χ2n) is 5.61. The van der Waals surface area contributed by atoms with Crippen LogP contribution in [0.25, 0.3) is 11.3 Å². The van der Waals surface area contributed by atoms with Crippen molar-refractivity contribution in [3.05, 3.63) is 72.0 Å². The highest BCUT2D eigenvalue weighted by molar-refractivity contribution is 8.00. The Hall–Kier alpha value is -3.19. The van der Waals surface area contributed by atoms with Crippen LogP contribution < -0.4 is 10.7 Å². The minimum atomic E-state index is -0.949. The van der Waals surface area contributed by atoms with Crippen LogP contribution in [0.4, 0.5) is 5.69 Å². The third kappa shape index (κ3) is 3.43. The van der Waals surface area contributed by atoms with Crippen LogP contribution in [0, 0.1) is 0 Å². The molecular weight excluding hydrogens is 350 g/mol. The Kier molecular flexibility index (Phi) is 4.37. The van der Waals surface area contributed by atoms with Gasteiger partial charge in [-0.2, -0.15) is 5.10 Å². The molecule has 6 nitrogen and oxygen atoms in total. The number of aromatic carboxylic acids is 1. The summed E-state index contributed by atoms with van der Waals surface area (Å²) < 4.78 is 5.73. The lowest BCUT2D eigenvalue weighted by Gasteiger charge is -2.08. The van der Waals surface area contributed by atoms with Crippen molar-refractivity contribution in [1.29, 1.82) is 0 Å². The van der Waals surface area contributed by atoms with Gasteiger partial charge in [-0.1, -0.05) is 36.0 Å². The number of nitrogens with zero attached hydrogens (tertiary/aromatic N) is 1. The standard InChI is InChI=1S/C19H15N3O3S/c23-18(24)13-7-5-12(6-8-13)16-10-9-14(25-16)11-20-22-19-21-15-3-1-2-4-17(15)26-19/h1-11,19,21-22H,(H,23,24)/b20-11+. The van der Waals surface area contributed by atoms with E-state index in [4.69, 9.17) is 9.52 Å². The summed E-state index contributed by atoms with van der Waals surface area (Å²) in [6.07, 6.45) is 1.61. The SMILES string of the molecule is O=C(O)c1ccc(-c2ccc(/C=N/NC3Nc4ccccc4S3)o2)cc1. The van der Waals surface area contributed by atoms with Crippen LogP contribution in [0.2, 0.25) is 0 Å². The molecule has 1 aliphatic rings. The van der Waals surface area contributed by atoms with E-state index in [1.807, 2.05) is 30.3 Å². The zero-order chi connectivity index (χ0) is 17.9. The van der Waals surface area contributed by atoms with Gasteiger partial charge in [0.15, 0.2) is 5.50 Å². The van der Waals surface area contributed by atoms with Crippen LogP contribution in [0.15, 0.2) is 75.1 Å². The number of furan rings is 1. The summed E-state index contributed by atoms with van der Waals surface area (Å²) in [6, 6.07) is 18.3. The van der Waals surface area contributed by atoms with Crippen molar-refractivity contribution >= 4 is 29.6 Å². The Balaban J connectivity index is 1.38. The van der Waals surface area contributed by atoms with Gasteiger partial charge in [-0.05, 0) is 36.4 Å². The average Bonchev–Trinajstić information content (AvgIpc) is 3.28. The first-order valence-electron chi connectivity index (χ1n) is 7.93. The Morgan fingerprint density at radius 3 is 2.73 bits per heavy atom. The lowest BCUT2D eigenvalue weighted by Crippen LogP contribution is -2.25. The molecule has 130 valence electrons. The number of hydrogen-bond acceptors (Lipinski definition) is 6. The van der Waals surface area contributed by atoms with Crippen LogP contribution in [-0.2, 0) is 0 Å². The quantitative estimate of drug-likeness (QED) is 0.467. The number of hydrogen-bond donors (Lipinski definition) is 3. The van der Waals surface area contributed by atoms with E-state index in [-0.39, 0.29) is 11.1 Å². The van der Waals surface area contributed by atoms with E-state index in [0.717, 1.165) is 11.3 Å². The summed E-state index contributed by atoms with van der Waals surface area (Å²) in [6.45, 7) is 0. The molecule has 0 fully saturated rings. The van der Waals surface area contributed by atoms with Crippen LogP contribution in [0.1, 0.15) is 16.1 Å². The molecule has 4 rings (SSSR count). The molecule has 0 bridgehead atoms. The number of carboxylic acid groups (broad SMARTS) is 1. The zero-order valence-electron chi connectivity index (χ0n) is 13.5. The van der Waals surface area contributed by atoms with Crippen LogP contribution in [0.3, 0.4) is 0 Å². The van der Waals surface area contributed by atoms with Crippen molar-refractivity contribution in [3.8, 4) is 11.3 Å². The molecule has 0 aliphatic carbocycles. The first-order valence-corrected chi connectivity index (χ1v) is 8.81. The number of thioether (sulfide) groups is 1. The second-order valence-corrected chi connectivity index (χ2v) is 6.76. The molecule has 3 N–H and O–H groups in total. The molecule has 0 radical (unpaired) electrons. The Morgan fingerprint density at radius 2 is 1.96 bits per heavy atom. The molecule has 0 amide bonds.